The van der Waals surface area contributed by atoms with E-state index in [4.69, 9.17) is 0 Å². The number of hydrogen-bond acceptors (Lipinski definition) is 2. The summed E-state index contributed by atoms with van der Waals surface area (Å²) in [5, 5.41) is 3.02. The molecule has 1 aliphatic heterocycles. The minimum absolute atomic E-state index is 0.0588. The number of rotatable bonds is 4. The van der Waals surface area contributed by atoms with Gasteiger partial charge in [-0.3, -0.25) is 9.59 Å². The SMILES string of the molecule is Cc1ccc(C(C)NC(=O)c2ccc(N3CCCCC3=O)cc2)cc1. The Hall–Kier alpha value is -2.62. The van der Waals surface area contributed by atoms with Crippen LogP contribution in [0, 0.1) is 6.92 Å². The van der Waals surface area contributed by atoms with E-state index in [1.165, 1.54) is 5.56 Å². The molecule has 0 bridgehead atoms. The number of nitrogens with one attached hydrogen (secondary N) is 1. The molecule has 1 unspecified atom stereocenters. The fraction of sp³-hybridized carbons (Fsp3) is 0.333. The summed E-state index contributed by atoms with van der Waals surface area (Å²) in [6, 6.07) is 15.4. The molecule has 0 spiro atoms. The van der Waals surface area contributed by atoms with E-state index in [0.717, 1.165) is 30.6 Å². The average Bonchev–Trinajstić information content (AvgIpc) is 2.63. The second kappa shape index (κ2) is 7.51. The van der Waals surface area contributed by atoms with E-state index in [2.05, 4.69) is 5.32 Å². The Morgan fingerprint density at radius 2 is 1.72 bits per heavy atom. The van der Waals surface area contributed by atoms with Gasteiger partial charge < -0.3 is 10.2 Å². The van der Waals surface area contributed by atoms with Gasteiger partial charge in [0.15, 0.2) is 0 Å². The molecule has 1 heterocycles. The highest BCUT2D eigenvalue weighted by molar-refractivity contribution is 5.97. The molecule has 0 aromatic heterocycles. The van der Waals surface area contributed by atoms with Crippen LogP contribution in [0.4, 0.5) is 5.69 Å². The summed E-state index contributed by atoms with van der Waals surface area (Å²) >= 11 is 0. The first kappa shape index (κ1) is 17.2. The monoisotopic (exact) mass is 336 g/mol. The predicted molar refractivity (Wildman–Crippen MR) is 99.7 cm³/mol. The summed E-state index contributed by atoms with van der Waals surface area (Å²) in [6.07, 6.45) is 2.60. The Labute approximate surface area is 148 Å². The molecule has 3 rings (SSSR count). The van der Waals surface area contributed by atoms with Gasteiger partial charge in [-0.15, -0.1) is 0 Å². The van der Waals surface area contributed by atoms with E-state index in [9.17, 15) is 9.59 Å². The summed E-state index contributed by atoms with van der Waals surface area (Å²) in [7, 11) is 0. The van der Waals surface area contributed by atoms with Crippen LogP contribution in [0.3, 0.4) is 0 Å². The predicted octanol–water partition coefficient (Wildman–Crippen LogP) is 4.00. The first-order valence-electron chi connectivity index (χ1n) is 8.82. The van der Waals surface area contributed by atoms with Crippen LogP contribution >= 0.6 is 0 Å². The molecule has 0 radical (unpaired) electrons. The van der Waals surface area contributed by atoms with Crippen LogP contribution in [-0.4, -0.2) is 18.4 Å². The number of nitrogens with zero attached hydrogens (tertiary/aromatic N) is 1. The molecule has 0 saturated carbocycles. The highest BCUT2D eigenvalue weighted by atomic mass is 16.2. The van der Waals surface area contributed by atoms with Crippen LogP contribution in [0.5, 0.6) is 0 Å². The fourth-order valence-corrected chi connectivity index (χ4v) is 3.09. The van der Waals surface area contributed by atoms with Crippen molar-refractivity contribution in [2.75, 3.05) is 11.4 Å². The minimum atomic E-state index is -0.107. The van der Waals surface area contributed by atoms with Crippen LogP contribution in [0.1, 0.15) is 53.7 Å². The number of anilines is 1. The molecule has 0 aliphatic carbocycles. The third-order valence-corrected chi connectivity index (χ3v) is 4.69. The van der Waals surface area contributed by atoms with E-state index in [1.54, 1.807) is 17.0 Å². The van der Waals surface area contributed by atoms with Crippen molar-refractivity contribution in [3.63, 3.8) is 0 Å². The number of benzene rings is 2. The van der Waals surface area contributed by atoms with Crippen molar-refractivity contribution in [3.05, 3.63) is 65.2 Å². The molecule has 2 aromatic rings. The smallest absolute Gasteiger partial charge is 0.251 e. The highest BCUT2D eigenvalue weighted by Crippen LogP contribution is 2.21. The summed E-state index contributed by atoms with van der Waals surface area (Å²) in [5.74, 6) is 0.0565. The lowest BCUT2D eigenvalue weighted by atomic mass is 10.1. The zero-order valence-electron chi connectivity index (χ0n) is 14.8. The highest BCUT2D eigenvalue weighted by Gasteiger charge is 2.20. The van der Waals surface area contributed by atoms with Gasteiger partial charge in [-0.05, 0) is 56.5 Å². The van der Waals surface area contributed by atoms with Crippen LogP contribution in [0.25, 0.3) is 0 Å². The third kappa shape index (κ3) is 4.08. The molecule has 4 heteroatoms. The van der Waals surface area contributed by atoms with Crippen molar-refractivity contribution in [3.8, 4) is 0 Å². The topological polar surface area (TPSA) is 49.4 Å². The maximum absolute atomic E-state index is 12.5. The molecule has 2 amide bonds. The molecule has 1 fully saturated rings. The van der Waals surface area contributed by atoms with E-state index in [-0.39, 0.29) is 17.9 Å². The van der Waals surface area contributed by atoms with Crippen molar-refractivity contribution >= 4 is 17.5 Å². The molecule has 130 valence electrons. The molecule has 25 heavy (non-hydrogen) atoms. The van der Waals surface area contributed by atoms with Crippen LogP contribution in [0.15, 0.2) is 48.5 Å². The van der Waals surface area contributed by atoms with Gasteiger partial charge in [0.25, 0.3) is 5.91 Å². The average molecular weight is 336 g/mol. The summed E-state index contributed by atoms with van der Waals surface area (Å²) in [4.78, 5) is 26.2. The Kier molecular flexibility index (Phi) is 5.17. The van der Waals surface area contributed by atoms with Gasteiger partial charge in [0.05, 0.1) is 6.04 Å². The van der Waals surface area contributed by atoms with Crippen LogP contribution in [0.2, 0.25) is 0 Å². The lowest BCUT2D eigenvalue weighted by Gasteiger charge is -2.26. The zero-order chi connectivity index (χ0) is 17.8. The molecule has 2 aromatic carbocycles. The first-order chi connectivity index (χ1) is 12.0. The van der Waals surface area contributed by atoms with Gasteiger partial charge in [-0.25, -0.2) is 0 Å². The van der Waals surface area contributed by atoms with E-state index in [0.29, 0.717) is 12.0 Å². The largest absolute Gasteiger partial charge is 0.346 e. The molecule has 1 saturated heterocycles. The van der Waals surface area contributed by atoms with Crippen molar-refractivity contribution in [1.82, 2.24) is 5.32 Å². The Bertz CT molecular complexity index is 750. The maximum atomic E-state index is 12.5. The molecule has 1 atom stereocenters. The number of amides is 2. The van der Waals surface area contributed by atoms with Gasteiger partial charge in [0.2, 0.25) is 5.91 Å². The minimum Gasteiger partial charge on any atom is -0.346 e. The van der Waals surface area contributed by atoms with Gasteiger partial charge in [-0.2, -0.15) is 0 Å². The van der Waals surface area contributed by atoms with Gasteiger partial charge in [0.1, 0.15) is 0 Å². The Morgan fingerprint density at radius 3 is 2.36 bits per heavy atom. The van der Waals surface area contributed by atoms with Crippen molar-refractivity contribution in [2.24, 2.45) is 0 Å². The maximum Gasteiger partial charge on any atom is 0.251 e. The number of carbonyl (C=O) groups excluding carboxylic acids is 2. The van der Waals surface area contributed by atoms with E-state index in [1.807, 2.05) is 50.2 Å². The number of hydrogen-bond donors (Lipinski definition) is 1. The standard InChI is InChI=1S/C21H24N2O2/c1-15-6-8-17(9-7-15)16(2)22-21(25)18-10-12-19(13-11-18)23-14-4-3-5-20(23)24/h6-13,16H,3-5,14H2,1-2H3,(H,22,25). The van der Waals surface area contributed by atoms with Crippen molar-refractivity contribution in [1.29, 1.82) is 0 Å². The van der Waals surface area contributed by atoms with E-state index >= 15 is 0 Å². The third-order valence-electron chi connectivity index (χ3n) is 4.69. The first-order valence-corrected chi connectivity index (χ1v) is 8.82. The lowest BCUT2D eigenvalue weighted by molar-refractivity contribution is -0.119. The van der Waals surface area contributed by atoms with Gasteiger partial charge >= 0.3 is 0 Å². The van der Waals surface area contributed by atoms with Gasteiger partial charge in [0, 0.05) is 24.2 Å². The fourth-order valence-electron chi connectivity index (χ4n) is 3.09. The summed E-state index contributed by atoms with van der Waals surface area (Å²) < 4.78 is 0. The van der Waals surface area contributed by atoms with Crippen molar-refractivity contribution in [2.45, 2.75) is 39.2 Å². The summed E-state index contributed by atoms with van der Waals surface area (Å²) in [5.41, 5.74) is 3.75. The molecule has 1 N–H and O–H groups in total. The Morgan fingerprint density at radius 1 is 1.04 bits per heavy atom. The lowest BCUT2D eigenvalue weighted by Crippen LogP contribution is -2.35. The molecular weight excluding hydrogens is 312 g/mol. The van der Waals surface area contributed by atoms with Crippen LogP contribution in [-0.2, 0) is 4.79 Å². The van der Waals surface area contributed by atoms with E-state index < -0.39 is 0 Å². The second-order valence-electron chi connectivity index (χ2n) is 6.66. The van der Waals surface area contributed by atoms with Crippen molar-refractivity contribution < 1.29 is 9.59 Å². The Balaban J connectivity index is 1.66. The second-order valence-corrected chi connectivity index (χ2v) is 6.66. The molecule has 1 aliphatic rings. The van der Waals surface area contributed by atoms with Gasteiger partial charge in [-0.1, -0.05) is 29.8 Å². The summed E-state index contributed by atoms with van der Waals surface area (Å²) in [6.45, 7) is 4.78. The number of piperidine rings is 1. The molecule has 4 nitrogen and oxygen atoms in total. The number of aryl methyl sites for hydroxylation is 1. The van der Waals surface area contributed by atoms with Crippen LogP contribution < -0.4 is 10.2 Å². The normalized spacial score (nSPS) is 15.8. The number of carbonyl (C=O) groups is 2. The quantitative estimate of drug-likeness (QED) is 0.917. The zero-order valence-corrected chi connectivity index (χ0v) is 14.8. The molecular formula is C21H24N2O2.